The Morgan fingerprint density at radius 2 is 0.723 bits per heavy atom. The number of para-hydroxylation sites is 5. The molecule has 2 aliphatic heterocycles. The van der Waals surface area contributed by atoms with Gasteiger partial charge < -0.3 is 18.8 Å². The van der Waals surface area contributed by atoms with Crippen LogP contribution in [0.5, 0.6) is 0 Å². The van der Waals surface area contributed by atoms with Crippen LogP contribution in [0.15, 0.2) is 308 Å². The highest BCUT2D eigenvalue weighted by molar-refractivity contribution is 7.00. The van der Waals surface area contributed by atoms with Crippen molar-refractivity contribution < 1.29 is 4.42 Å². The predicted octanol–water partition coefficient (Wildman–Crippen LogP) is 19.1. The molecular formula is C78H50BN3O. The quantitative estimate of drug-likeness (QED) is 0.142. The Kier molecular flexibility index (Phi) is 10.7. The van der Waals surface area contributed by atoms with Gasteiger partial charge >= 0.3 is 0 Å². The monoisotopic (exact) mass is 1060 g/mol. The van der Waals surface area contributed by atoms with Crippen LogP contribution in [0.3, 0.4) is 0 Å². The number of anilines is 6. The smallest absolute Gasteiger partial charge is 0.252 e. The van der Waals surface area contributed by atoms with Gasteiger partial charge in [-0.25, -0.2) is 0 Å². The zero-order chi connectivity index (χ0) is 54.5. The Balaban J connectivity index is 0.919. The van der Waals surface area contributed by atoms with Gasteiger partial charge in [-0.1, -0.05) is 237 Å². The maximum absolute atomic E-state index is 6.35. The molecule has 0 spiro atoms. The molecule has 4 nitrogen and oxygen atoms in total. The number of hydrogen-bond donors (Lipinski definition) is 0. The second kappa shape index (κ2) is 18.9. The van der Waals surface area contributed by atoms with Gasteiger partial charge in [0.25, 0.3) is 6.71 Å². The lowest BCUT2D eigenvalue weighted by molar-refractivity contribution is 0.669. The fourth-order valence-electron chi connectivity index (χ4n) is 13.7. The summed E-state index contributed by atoms with van der Waals surface area (Å²) in [5.74, 6) is 0. The van der Waals surface area contributed by atoms with Crippen molar-refractivity contribution in [2.45, 2.75) is 0 Å². The van der Waals surface area contributed by atoms with Crippen LogP contribution in [0.2, 0.25) is 0 Å². The molecule has 386 valence electrons. The van der Waals surface area contributed by atoms with Crippen LogP contribution in [0.4, 0.5) is 34.1 Å². The zero-order valence-electron chi connectivity index (χ0n) is 45.2. The standard InChI is InChI=1S/C78H50BN3O/c1-4-20-53(21-5-1)59-26-10-14-32-68(59)81-71-35-19-36-72-77(71)79(67-47-44-58(50-74(67)81)80-69-33-15-11-27-62(69)63-28-12-16-34-70(63)80)66-46-43-56(51-38-40-52(41-39-51)57-42-45-65-64-29-13-17-37-75(64)83-76(65)49-57)48-73(66)82(72)78-60(54-22-6-2-7-23-54)30-18-31-61(78)55-24-8-3-9-25-55/h1-50H. The third kappa shape index (κ3) is 7.41. The van der Waals surface area contributed by atoms with E-state index in [-0.39, 0.29) is 6.71 Å². The van der Waals surface area contributed by atoms with Crippen molar-refractivity contribution >= 4 is 101 Å². The summed E-state index contributed by atoms with van der Waals surface area (Å²) >= 11 is 0. The van der Waals surface area contributed by atoms with Crippen molar-refractivity contribution in [3.05, 3.63) is 303 Å². The van der Waals surface area contributed by atoms with Crippen molar-refractivity contribution in [3.8, 4) is 61.3 Å². The molecular weight excluding hydrogens is 1010 g/mol. The summed E-state index contributed by atoms with van der Waals surface area (Å²) < 4.78 is 8.81. The average Bonchev–Trinajstić information content (AvgIpc) is 4.32. The minimum atomic E-state index is -0.122. The summed E-state index contributed by atoms with van der Waals surface area (Å²) in [6, 6.07) is 112. The molecule has 17 rings (SSSR count). The summed E-state index contributed by atoms with van der Waals surface area (Å²) in [6.07, 6.45) is 0. The van der Waals surface area contributed by atoms with E-state index in [1.165, 1.54) is 43.8 Å². The minimum Gasteiger partial charge on any atom is -0.456 e. The summed E-state index contributed by atoms with van der Waals surface area (Å²) in [6.45, 7) is -0.122. The molecule has 0 radical (unpaired) electrons. The van der Waals surface area contributed by atoms with Crippen molar-refractivity contribution in [2.24, 2.45) is 0 Å². The molecule has 0 unspecified atom stereocenters. The normalized spacial score (nSPS) is 12.5. The third-order valence-electron chi connectivity index (χ3n) is 17.4. The Morgan fingerprint density at radius 1 is 0.265 bits per heavy atom. The van der Waals surface area contributed by atoms with E-state index in [1.54, 1.807) is 0 Å². The molecule has 0 N–H and O–H groups in total. The van der Waals surface area contributed by atoms with Gasteiger partial charge in [0.05, 0.1) is 22.4 Å². The summed E-state index contributed by atoms with van der Waals surface area (Å²) in [5, 5.41) is 4.75. The van der Waals surface area contributed by atoms with Crippen LogP contribution in [0.25, 0.3) is 105 Å². The van der Waals surface area contributed by atoms with E-state index in [4.69, 9.17) is 4.42 Å². The number of nitrogens with zero attached hydrogens (tertiary/aromatic N) is 3. The first-order chi connectivity index (χ1) is 41.2. The van der Waals surface area contributed by atoms with Crippen LogP contribution >= 0.6 is 0 Å². The summed E-state index contributed by atoms with van der Waals surface area (Å²) in [5.41, 5.74) is 27.4. The van der Waals surface area contributed by atoms with Crippen molar-refractivity contribution in [1.29, 1.82) is 0 Å². The van der Waals surface area contributed by atoms with Gasteiger partial charge in [-0.15, -0.1) is 0 Å². The van der Waals surface area contributed by atoms with Crippen LogP contribution in [0.1, 0.15) is 0 Å². The minimum absolute atomic E-state index is 0.122. The number of furan rings is 1. The topological polar surface area (TPSA) is 24.6 Å². The van der Waals surface area contributed by atoms with E-state index in [1.807, 2.05) is 12.1 Å². The van der Waals surface area contributed by atoms with E-state index >= 15 is 0 Å². The maximum atomic E-state index is 6.35. The van der Waals surface area contributed by atoms with E-state index in [0.717, 1.165) is 112 Å². The maximum Gasteiger partial charge on any atom is 0.252 e. The molecule has 2 aromatic heterocycles. The first-order valence-corrected chi connectivity index (χ1v) is 28.6. The van der Waals surface area contributed by atoms with Crippen molar-refractivity contribution in [3.63, 3.8) is 0 Å². The fraction of sp³-hybridized carbons (Fsp3) is 0. The molecule has 5 heteroatoms. The van der Waals surface area contributed by atoms with Crippen LogP contribution < -0.4 is 26.2 Å². The highest BCUT2D eigenvalue weighted by Gasteiger charge is 2.44. The summed E-state index contributed by atoms with van der Waals surface area (Å²) in [7, 11) is 0. The first kappa shape index (κ1) is 47.0. The molecule has 0 amide bonds. The zero-order valence-corrected chi connectivity index (χ0v) is 45.2. The lowest BCUT2D eigenvalue weighted by Gasteiger charge is -2.45. The molecule has 0 saturated heterocycles. The molecule has 0 saturated carbocycles. The molecule has 2 aliphatic rings. The second-order valence-electron chi connectivity index (χ2n) is 21.9. The van der Waals surface area contributed by atoms with Crippen molar-refractivity contribution in [1.82, 2.24) is 4.57 Å². The molecule has 4 heterocycles. The first-order valence-electron chi connectivity index (χ1n) is 28.6. The van der Waals surface area contributed by atoms with Crippen LogP contribution in [-0.4, -0.2) is 11.3 Å². The predicted molar refractivity (Wildman–Crippen MR) is 349 cm³/mol. The highest BCUT2D eigenvalue weighted by Crippen LogP contribution is 2.51. The fourth-order valence-corrected chi connectivity index (χ4v) is 13.7. The van der Waals surface area contributed by atoms with E-state index < -0.39 is 0 Å². The number of aromatic nitrogens is 1. The van der Waals surface area contributed by atoms with Gasteiger partial charge in [0.1, 0.15) is 11.2 Å². The van der Waals surface area contributed by atoms with Gasteiger partial charge in [-0.2, -0.15) is 0 Å². The van der Waals surface area contributed by atoms with Crippen LogP contribution in [-0.2, 0) is 0 Å². The lowest BCUT2D eigenvalue weighted by atomic mass is 9.33. The molecule has 0 atom stereocenters. The average molecular weight is 1060 g/mol. The highest BCUT2D eigenvalue weighted by atomic mass is 16.3. The molecule has 0 aliphatic carbocycles. The Bertz CT molecular complexity index is 4930. The molecule has 0 bridgehead atoms. The third-order valence-corrected chi connectivity index (χ3v) is 17.4. The second-order valence-corrected chi connectivity index (χ2v) is 21.9. The Labute approximate surface area is 481 Å². The molecule has 13 aromatic carbocycles. The van der Waals surface area contributed by atoms with Gasteiger partial charge in [0, 0.05) is 66.7 Å². The summed E-state index contributed by atoms with van der Waals surface area (Å²) in [4.78, 5) is 5.17. The number of hydrogen-bond acceptors (Lipinski definition) is 3. The largest absolute Gasteiger partial charge is 0.456 e. The van der Waals surface area contributed by atoms with Gasteiger partial charge in [0.2, 0.25) is 0 Å². The number of benzene rings is 13. The van der Waals surface area contributed by atoms with E-state index in [2.05, 4.69) is 306 Å². The van der Waals surface area contributed by atoms with Gasteiger partial charge in [-0.3, -0.25) is 0 Å². The molecule has 83 heavy (non-hydrogen) atoms. The van der Waals surface area contributed by atoms with Gasteiger partial charge in [-0.05, 0) is 122 Å². The lowest BCUT2D eigenvalue weighted by Crippen LogP contribution is -2.61. The van der Waals surface area contributed by atoms with Crippen LogP contribution in [0, 0.1) is 0 Å². The Hall–Kier alpha value is -10.9. The van der Waals surface area contributed by atoms with Crippen molar-refractivity contribution in [2.75, 3.05) is 9.80 Å². The van der Waals surface area contributed by atoms with Gasteiger partial charge in [0.15, 0.2) is 0 Å². The molecule has 0 fully saturated rings. The number of fused-ring (bicyclic) bond motifs is 10. The SMILES string of the molecule is c1ccc(-c2ccccc2N2c3cc(-n4c5ccccc5c5ccccc54)ccc3B3c4ccc(-c5ccc(-c6ccc7c(c6)oc6ccccc67)cc5)cc4N(c4c(-c5ccccc5)cccc4-c4ccccc4)c4cccc2c43)cc1. The van der Waals surface area contributed by atoms with E-state index in [9.17, 15) is 0 Å². The Morgan fingerprint density at radius 3 is 1.39 bits per heavy atom. The van der Waals surface area contributed by atoms with E-state index in [0.29, 0.717) is 0 Å². The number of rotatable bonds is 8. The molecule has 15 aromatic rings.